The molecule has 1 aliphatic carbocycles. The SMILES string of the molecule is C=C(CCC1=CCC(C=CC(=C)OC)=C1)NC(=O)CCCC(=O)O. The molecule has 0 saturated heterocycles. The second-order valence-corrected chi connectivity index (χ2v) is 5.61. The van der Waals surface area contributed by atoms with E-state index in [2.05, 4.69) is 30.6 Å². The van der Waals surface area contributed by atoms with Crippen LogP contribution in [0.2, 0.25) is 0 Å². The molecule has 0 aliphatic heterocycles. The van der Waals surface area contributed by atoms with E-state index in [0.29, 0.717) is 24.3 Å². The number of carboxylic acids is 1. The predicted octanol–water partition coefficient (Wildman–Crippen LogP) is 3.62. The van der Waals surface area contributed by atoms with E-state index in [1.165, 1.54) is 11.1 Å². The molecule has 5 nitrogen and oxygen atoms in total. The molecule has 1 amide bonds. The van der Waals surface area contributed by atoms with E-state index in [0.717, 1.165) is 12.8 Å². The molecule has 0 radical (unpaired) electrons. The van der Waals surface area contributed by atoms with Gasteiger partial charge < -0.3 is 15.2 Å². The number of nitrogens with one attached hydrogen (secondary N) is 1. The van der Waals surface area contributed by atoms with Crippen LogP contribution in [0.1, 0.15) is 38.5 Å². The minimum atomic E-state index is -0.888. The van der Waals surface area contributed by atoms with Gasteiger partial charge in [-0.1, -0.05) is 37.0 Å². The highest BCUT2D eigenvalue weighted by Crippen LogP contribution is 2.23. The Bertz CT molecular complexity index is 596. The molecule has 0 aromatic rings. The molecule has 5 heteroatoms. The molecular weight excluding hydrogens is 306 g/mol. The van der Waals surface area contributed by atoms with Gasteiger partial charge in [0.2, 0.25) is 5.91 Å². The van der Waals surface area contributed by atoms with Crippen molar-refractivity contribution in [3.8, 4) is 0 Å². The third-order valence-electron chi connectivity index (χ3n) is 3.54. The number of rotatable bonds is 11. The smallest absolute Gasteiger partial charge is 0.303 e. The van der Waals surface area contributed by atoms with Gasteiger partial charge in [0.15, 0.2) is 0 Å². The fraction of sp³-hybridized carbons (Fsp3) is 0.368. The number of carboxylic acid groups (broad SMARTS) is 1. The summed E-state index contributed by atoms with van der Waals surface area (Å²) in [5.74, 6) is -0.456. The maximum atomic E-state index is 11.6. The molecule has 0 aromatic heterocycles. The number of hydrogen-bond acceptors (Lipinski definition) is 3. The van der Waals surface area contributed by atoms with Gasteiger partial charge in [-0.05, 0) is 37.3 Å². The van der Waals surface area contributed by atoms with Crippen LogP contribution in [0.5, 0.6) is 0 Å². The molecule has 0 atom stereocenters. The van der Waals surface area contributed by atoms with E-state index in [4.69, 9.17) is 9.84 Å². The molecule has 130 valence electrons. The highest BCUT2D eigenvalue weighted by Gasteiger charge is 2.08. The Morgan fingerprint density at radius 3 is 2.75 bits per heavy atom. The summed E-state index contributed by atoms with van der Waals surface area (Å²) in [6.45, 7) is 7.58. The van der Waals surface area contributed by atoms with Crippen LogP contribution >= 0.6 is 0 Å². The Balaban J connectivity index is 2.28. The zero-order valence-electron chi connectivity index (χ0n) is 14.1. The highest BCUT2D eigenvalue weighted by molar-refractivity contribution is 5.78. The van der Waals surface area contributed by atoms with Crippen LogP contribution in [-0.4, -0.2) is 24.1 Å². The predicted molar refractivity (Wildman–Crippen MR) is 94.1 cm³/mol. The summed E-state index contributed by atoms with van der Waals surface area (Å²) in [5.41, 5.74) is 3.05. The lowest BCUT2D eigenvalue weighted by Crippen LogP contribution is -2.22. The molecule has 0 fully saturated rings. The van der Waals surface area contributed by atoms with E-state index in [1.807, 2.05) is 12.2 Å². The van der Waals surface area contributed by atoms with Gasteiger partial charge >= 0.3 is 5.97 Å². The monoisotopic (exact) mass is 331 g/mol. The van der Waals surface area contributed by atoms with Crippen molar-refractivity contribution >= 4 is 11.9 Å². The summed E-state index contributed by atoms with van der Waals surface area (Å²) in [6, 6.07) is 0. The van der Waals surface area contributed by atoms with E-state index in [1.54, 1.807) is 7.11 Å². The van der Waals surface area contributed by atoms with Crippen LogP contribution < -0.4 is 5.32 Å². The number of aliphatic carboxylic acids is 1. The summed E-state index contributed by atoms with van der Waals surface area (Å²) in [4.78, 5) is 22.0. The first-order valence-corrected chi connectivity index (χ1v) is 7.90. The van der Waals surface area contributed by atoms with Gasteiger partial charge in [0, 0.05) is 18.5 Å². The summed E-state index contributed by atoms with van der Waals surface area (Å²) in [7, 11) is 1.58. The van der Waals surface area contributed by atoms with Crippen LogP contribution in [0.15, 0.2) is 60.1 Å². The minimum absolute atomic E-state index is 0.00334. The molecule has 0 bridgehead atoms. The Morgan fingerprint density at radius 1 is 1.33 bits per heavy atom. The lowest BCUT2D eigenvalue weighted by molar-refractivity contribution is -0.137. The number of amides is 1. The van der Waals surface area contributed by atoms with Crippen LogP contribution in [0, 0.1) is 0 Å². The summed E-state index contributed by atoms with van der Waals surface area (Å²) >= 11 is 0. The number of ether oxygens (including phenoxy) is 1. The zero-order valence-corrected chi connectivity index (χ0v) is 14.1. The standard InChI is InChI=1S/C19H25NO4/c1-14(20-18(21)5-4-6-19(22)23)7-9-16-11-12-17(13-16)10-8-15(2)24-3/h8,10-11,13H,1-2,4-7,9,12H2,3H3,(H,20,21)(H,22,23). The van der Waals surface area contributed by atoms with Crippen LogP contribution in [0.25, 0.3) is 0 Å². The van der Waals surface area contributed by atoms with E-state index in [9.17, 15) is 9.59 Å². The molecule has 24 heavy (non-hydrogen) atoms. The van der Waals surface area contributed by atoms with Gasteiger partial charge in [0.25, 0.3) is 0 Å². The molecule has 0 aromatic carbocycles. The maximum Gasteiger partial charge on any atom is 0.303 e. The average molecular weight is 331 g/mol. The summed E-state index contributed by atoms with van der Waals surface area (Å²) in [5, 5.41) is 11.3. The van der Waals surface area contributed by atoms with E-state index < -0.39 is 5.97 Å². The second kappa shape index (κ2) is 10.3. The molecule has 0 spiro atoms. The van der Waals surface area contributed by atoms with Gasteiger partial charge in [-0.15, -0.1) is 0 Å². The number of carbonyl (C=O) groups is 2. The lowest BCUT2D eigenvalue weighted by Gasteiger charge is -2.08. The average Bonchev–Trinajstić information content (AvgIpc) is 2.98. The molecule has 1 aliphatic rings. The summed E-state index contributed by atoms with van der Waals surface area (Å²) < 4.78 is 4.98. The normalized spacial score (nSPS) is 13.4. The van der Waals surface area contributed by atoms with Gasteiger partial charge in [-0.3, -0.25) is 9.59 Å². The van der Waals surface area contributed by atoms with Crippen molar-refractivity contribution in [2.75, 3.05) is 7.11 Å². The van der Waals surface area contributed by atoms with E-state index in [-0.39, 0.29) is 18.7 Å². The number of allylic oxidation sites excluding steroid dienone is 7. The molecule has 0 saturated carbocycles. The highest BCUT2D eigenvalue weighted by atomic mass is 16.5. The first-order chi connectivity index (χ1) is 11.4. The first-order valence-electron chi connectivity index (χ1n) is 7.90. The Kier molecular flexibility index (Phi) is 8.33. The largest absolute Gasteiger partial charge is 0.497 e. The maximum absolute atomic E-state index is 11.6. The Labute approximate surface area is 143 Å². The number of methoxy groups -OCH3 is 1. The Hall–Kier alpha value is -2.56. The fourth-order valence-corrected chi connectivity index (χ4v) is 2.18. The van der Waals surface area contributed by atoms with Crippen LogP contribution in [0.3, 0.4) is 0 Å². The van der Waals surface area contributed by atoms with Crippen molar-refractivity contribution in [3.63, 3.8) is 0 Å². The Morgan fingerprint density at radius 2 is 2.08 bits per heavy atom. The van der Waals surface area contributed by atoms with Crippen molar-refractivity contribution in [2.24, 2.45) is 0 Å². The van der Waals surface area contributed by atoms with Crippen molar-refractivity contribution in [3.05, 3.63) is 60.1 Å². The first kappa shape index (κ1) is 19.5. The van der Waals surface area contributed by atoms with Crippen molar-refractivity contribution in [1.82, 2.24) is 5.32 Å². The molecule has 2 N–H and O–H groups in total. The van der Waals surface area contributed by atoms with Crippen molar-refractivity contribution in [1.29, 1.82) is 0 Å². The molecule has 1 rings (SSSR count). The third kappa shape index (κ3) is 8.17. The molecular formula is C19H25NO4. The van der Waals surface area contributed by atoms with Gasteiger partial charge in [-0.25, -0.2) is 0 Å². The quantitative estimate of drug-likeness (QED) is 0.448. The van der Waals surface area contributed by atoms with Crippen LogP contribution in [-0.2, 0) is 14.3 Å². The lowest BCUT2D eigenvalue weighted by atomic mass is 10.1. The second-order valence-electron chi connectivity index (χ2n) is 5.61. The molecule has 0 unspecified atom stereocenters. The van der Waals surface area contributed by atoms with Gasteiger partial charge in [0.1, 0.15) is 5.76 Å². The zero-order chi connectivity index (χ0) is 17.9. The third-order valence-corrected chi connectivity index (χ3v) is 3.54. The van der Waals surface area contributed by atoms with Crippen molar-refractivity contribution in [2.45, 2.75) is 38.5 Å². The van der Waals surface area contributed by atoms with Gasteiger partial charge in [0.05, 0.1) is 7.11 Å². The fourth-order valence-electron chi connectivity index (χ4n) is 2.18. The minimum Gasteiger partial charge on any atom is -0.497 e. The van der Waals surface area contributed by atoms with Crippen LogP contribution in [0.4, 0.5) is 0 Å². The summed E-state index contributed by atoms with van der Waals surface area (Å²) in [6.07, 6.45) is 11.0. The van der Waals surface area contributed by atoms with Crippen molar-refractivity contribution < 1.29 is 19.4 Å². The molecule has 0 heterocycles. The number of hydrogen-bond donors (Lipinski definition) is 2. The van der Waals surface area contributed by atoms with E-state index >= 15 is 0 Å². The number of carbonyl (C=O) groups excluding carboxylic acids is 1. The van der Waals surface area contributed by atoms with Gasteiger partial charge in [-0.2, -0.15) is 0 Å². The topological polar surface area (TPSA) is 75.6 Å².